The Hall–Kier alpha value is -1.76. The zero-order valence-electron chi connectivity index (χ0n) is 10.0. The van der Waals surface area contributed by atoms with E-state index in [2.05, 4.69) is 5.16 Å². The van der Waals surface area contributed by atoms with E-state index in [-0.39, 0.29) is 11.6 Å². The predicted octanol–water partition coefficient (Wildman–Crippen LogP) is 0.595. The van der Waals surface area contributed by atoms with Crippen molar-refractivity contribution in [3.05, 3.63) is 29.8 Å². The fraction of sp³-hybridized carbons (Fsp3) is 0.364. The molecule has 0 atom stereocenters. The Kier molecular flexibility index (Phi) is 4.96. The van der Waals surface area contributed by atoms with Crippen LogP contribution in [0.25, 0.3) is 0 Å². The van der Waals surface area contributed by atoms with Crippen molar-refractivity contribution in [1.82, 2.24) is 0 Å². The molecule has 0 aliphatic heterocycles. The van der Waals surface area contributed by atoms with Gasteiger partial charge in [0, 0.05) is 11.8 Å². The fourth-order valence-electron chi connectivity index (χ4n) is 1.31. The number of hydrogen-bond acceptors (Lipinski definition) is 5. The van der Waals surface area contributed by atoms with E-state index in [1.165, 1.54) is 6.26 Å². The first-order chi connectivity index (χ1) is 8.42. The molecule has 100 valence electrons. The standard InChI is InChI=1S/C11H16N2O4S/c1-18(15,16)7-3-6-17-10-5-2-4-9(8-10)11(12)13-14/h2,4-5,8,14H,3,6-7H2,1H3,(H2,12,13). The number of hydrogen-bond donors (Lipinski definition) is 2. The number of amidine groups is 1. The first-order valence-corrected chi connectivity index (χ1v) is 7.37. The van der Waals surface area contributed by atoms with Crippen molar-refractivity contribution in [3.63, 3.8) is 0 Å². The van der Waals surface area contributed by atoms with Crippen LogP contribution in [0.15, 0.2) is 29.4 Å². The third kappa shape index (κ3) is 5.05. The van der Waals surface area contributed by atoms with Gasteiger partial charge in [-0.05, 0) is 18.6 Å². The van der Waals surface area contributed by atoms with Gasteiger partial charge >= 0.3 is 0 Å². The topological polar surface area (TPSA) is 102 Å². The van der Waals surface area contributed by atoms with Crippen LogP contribution < -0.4 is 10.5 Å². The second-order valence-electron chi connectivity index (χ2n) is 3.84. The number of sulfone groups is 1. The molecule has 6 nitrogen and oxygen atoms in total. The van der Waals surface area contributed by atoms with Crippen molar-refractivity contribution in [1.29, 1.82) is 0 Å². The van der Waals surface area contributed by atoms with Crippen LogP contribution in [0.1, 0.15) is 12.0 Å². The fourth-order valence-corrected chi connectivity index (χ4v) is 1.96. The van der Waals surface area contributed by atoms with E-state index < -0.39 is 9.84 Å². The van der Waals surface area contributed by atoms with Crippen LogP contribution in [0.3, 0.4) is 0 Å². The zero-order valence-corrected chi connectivity index (χ0v) is 10.9. The Balaban J connectivity index is 2.53. The number of oxime groups is 1. The van der Waals surface area contributed by atoms with Crippen LogP contribution in [0.2, 0.25) is 0 Å². The van der Waals surface area contributed by atoms with Crippen molar-refractivity contribution < 1.29 is 18.4 Å². The van der Waals surface area contributed by atoms with Gasteiger partial charge in [-0.1, -0.05) is 17.3 Å². The molecule has 0 fully saturated rings. The van der Waals surface area contributed by atoms with E-state index in [9.17, 15) is 8.42 Å². The molecule has 18 heavy (non-hydrogen) atoms. The van der Waals surface area contributed by atoms with Crippen LogP contribution in [0.4, 0.5) is 0 Å². The van der Waals surface area contributed by atoms with Gasteiger partial charge in [0.1, 0.15) is 15.6 Å². The van der Waals surface area contributed by atoms with E-state index in [1.54, 1.807) is 24.3 Å². The molecule has 1 aromatic rings. The number of nitrogens with zero attached hydrogens (tertiary/aromatic N) is 1. The number of nitrogens with two attached hydrogens (primary N) is 1. The van der Waals surface area contributed by atoms with Gasteiger partial charge in [-0.3, -0.25) is 0 Å². The maximum absolute atomic E-state index is 10.9. The van der Waals surface area contributed by atoms with Crippen molar-refractivity contribution in [3.8, 4) is 5.75 Å². The highest BCUT2D eigenvalue weighted by molar-refractivity contribution is 7.90. The molecular weight excluding hydrogens is 256 g/mol. The smallest absolute Gasteiger partial charge is 0.170 e. The molecule has 0 bridgehead atoms. The van der Waals surface area contributed by atoms with E-state index in [0.717, 1.165) is 0 Å². The number of rotatable bonds is 6. The third-order valence-corrected chi connectivity index (χ3v) is 3.20. The van der Waals surface area contributed by atoms with E-state index in [1.807, 2.05) is 0 Å². The first kappa shape index (κ1) is 14.3. The summed E-state index contributed by atoms with van der Waals surface area (Å²) >= 11 is 0. The van der Waals surface area contributed by atoms with Gasteiger partial charge in [0.05, 0.1) is 12.4 Å². The van der Waals surface area contributed by atoms with Crippen LogP contribution >= 0.6 is 0 Å². The summed E-state index contributed by atoms with van der Waals surface area (Å²) in [7, 11) is -2.96. The van der Waals surface area contributed by atoms with Crippen molar-refractivity contribution in [2.45, 2.75) is 6.42 Å². The second kappa shape index (κ2) is 6.25. The van der Waals surface area contributed by atoms with Gasteiger partial charge in [-0.25, -0.2) is 8.42 Å². The molecule has 7 heteroatoms. The Morgan fingerprint density at radius 1 is 1.50 bits per heavy atom. The van der Waals surface area contributed by atoms with Gasteiger partial charge in [-0.15, -0.1) is 0 Å². The number of ether oxygens (including phenoxy) is 1. The molecule has 0 aliphatic carbocycles. The number of benzene rings is 1. The molecule has 0 saturated heterocycles. The first-order valence-electron chi connectivity index (χ1n) is 5.31. The predicted molar refractivity (Wildman–Crippen MR) is 68.8 cm³/mol. The van der Waals surface area contributed by atoms with Gasteiger partial charge < -0.3 is 15.7 Å². The minimum absolute atomic E-state index is 0.00316. The van der Waals surface area contributed by atoms with Crippen LogP contribution in [-0.4, -0.2) is 38.1 Å². The molecule has 0 spiro atoms. The third-order valence-electron chi connectivity index (χ3n) is 2.17. The van der Waals surface area contributed by atoms with E-state index in [4.69, 9.17) is 15.7 Å². The lowest BCUT2D eigenvalue weighted by Crippen LogP contribution is -2.13. The summed E-state index contributed by atoms with van der Waals surface area (Å²) in [4.78, 5) is 0. The second-order valence-corrected chi connectivity index (χ2v) is 6.10. The van der Waals surface area contributed by atoms with E-state index >= 15 is 0 Å². The van der Waals surface area contributed by atoms with Crippen molar-refractivity contribution in [2.75, 3.05) is 18.6 Å². The highest BCUT2D eigenvalue weighted by Gasteiger charge is 2.03. The molecule has 0 amide bonds. The van der Waals surface area contributed by atoms with Crippen LogP contribution in [-0.2, 0) is 9.84 Å². The summed E-state index contributed by atoms with van der Waals surface area (Å²) in [6, 6.07) is 6.72. The van der Waals surface area contributed by atoms with Gasteiger partial charge in [0.15, 0.2) is 5.84 Å². The molecule has 1 rings (SSSR count). The minimum Gasteiger partial charge on any atom is -0.494 e. The van der Waals surface area contributed by atoms with Crippen molar-refractivity contribution >= 4 is 15.7 Å². The Morgan fingerprint density at radius 3 is 2.83 bits per heavy atom. The maximum atomic E-state index is 10.9. The van der Waals surface area contributed by atoms with Gasteiger partial charge in [0.2, 0.25) is 0 Å². The minimum atomic E-state index is -2.96. The highest BCUT2D eigenvalue weighted by Crippen LogP contribution is 2.13. The molecule has 0 aromatic heterocycles. The van der Waals surface area contributed by atoms with Crippen LogP contribution in [0, 0.1) is 0 Å². The SMILES string of the molecule is CS(=O)(=O)CCCOc1cccc(C(N)=NO)c1. The Bertz CT molecular complexity index is 526. The Morgan fingerprint density at radius 2 is 2.22 bits per heavy atom. The summed E-state index contributed by atoms with van der Waals surface area (Å²) in [6.45, 7) is 0.298. The van der Waals surface area contributed by atoms with Gasteiger partial charge in [-0.2, -0.15) is 0 Å². The molecule has 3 N–H and O–H groups in total. The van der Waals surface area contributed by atoms with Crippen LogP contribution in [0.5, 0.6) is 5.75 Å². The molecule has 0 unspecified atom stereocenters. The average Bonchev–Trinajstić information content (AvgIpc) is 2.33. The summed E-state index contributed by atoms with van der Waals surface area (Å²) < 4.78 is 27.2. The largest absolute Gasteiger partial charge is 0.494 e. The monoisotopic (exact) mass is 272 g/mol. The molecule has 0 heterocycles. The lowest BCUT2D eigenvalue weighted by atomic mass is 10.2. The van der Waals surface area contributed by atoms with Gasteiger partial charge in [0.25, 0.3) is 0 Å². The summed E-state index contributed by atoms with van der Waals surface area (Å²) in [5, 5.41) is 11.4. The molecular formula is C11H16N2O4S. The van der Waals surface area contributed by atoms with Crippen molar-refractivity contribution in [2.24, 2.45) is 10.9 Å². The summed E-state index contributed by atoms with van der Waals surface area (Å²) in [5.41, 5.74) is 5.98. The molecule has 0 saturated carbocycles. The molecule has 0 radical (unpaired) electrons. The van der Waals surface area contributed by atoms with E-state index in [0.29, 0.717) is 24.3 Å². The zero-order chi connectivity index (χ0) is 13.6. The highest BCUT2D eigenvalue weighted by atomic mass is 32.2. The normalized spacial score (nSPS) is 12.4. The lowest BCUT2D eigenvalue weighted by molar-refractivity contribution is 0.316. The molecule has 1 aromatic carbocycles. The maximum Gasteiger partial charge on any atom is 0.170 e. The average molecular weight is 272 g/mol. The summed E-state index contributed by atoms with van der Waals surface area (Å²) in [5.74, 6) is 0.636. The summed E-state index contributed by atoms with van der Waals surface area (Å²) in [6.07, 6.45) is 1.61. The quantitative estimate of drug-likeness (QED) is 0.259. The molecule has 0 aliphatic rings. The Labute approximate surface area is 106 Å². The lowest BCUT2D eigenvalue weighted by Gasteiger charge is -2.07.